The van der Waals surface area contributed by atoms with Crippen LogP contribution in [0.4, 0.5) is 4.39 Å². The summed E-state index contributed by atoms with van der Waals surface area (Å²) in [6.45, 7) is 5.81. The molecule has 128 valence electrons. The molecule has 0 radical (unpaired) electrons. The number of aliphatic imine (C=N–C) groups is 1. The third-order valence-corrected chi connectivity index (χ3v) is 4.86. The SMILES string of the molecule is C/C=C\C(C)=C/N=CN1CCC2(CCc3cccc(F)c3O2)CC1. The first-order valence-electron chi connectivity index (χ1n) is 8.65. The standard InChI is InChI=1S/C20H25FN2O/c1-3-5-16(2)14-22-15-23-12-10-20(11-13-23)9-8-17-6-4-7-18(21)19(17)24-20/h3-7,14-15H,8-13H2,1-2H3/b5-3-,16-14-,22-15?. The molecule has 2 aliphatic heterocycles. The van der Waals surface area contributed by atoms with E-state index in [-0.39, 0.29) is 11.4 Å². The molecule has 1 saturated heterocycles. The summed E-state index contributed by atoms with van der Waals surface area (Å²) >= 11 is 0. The van der Waals surface area contributed by atoms with Gasteiger partial charge in [-0.05, 0) is 43.9 Å². The number of allylic oxidation sites excluding steroid dienone is 3. The van der Waals surface area contributed by atoms with E-state index in [1.54, 1.807) is 6.07 Å². The Bertz CT molecular complexity index is 670. The van der Waals surface area contributed by atoms with Crippen LogP contribution in [0.15, 0.2) is 47.1 Å². The van der Waals surface area contributed by atoms with Gasteiger partial charge in [0.05, 0.1) is 6.34 Å². The van der Waals surface area contributed by atoms with Gasteiger partial charge in [0.15, 0.2) is 11.6 Å². The average molecular weight is 328 g/mol. The number of piperidine rings is 1. The highest BCUT2D eigenvalue weighted by Crippen LogP contribution is 2.40. The maximum absolute atomic E-state index is 14.0. The van der Waals surface area contributed by atoms with Crippen LogP contribution in [0.25, 0.3) is 0 Å². The van der Waals surface area contributed by atoms with E-state index in [1.807, 2.05) is 44.6 Å². The zero-order valence-electron chi connectivity index (χ0n) is 14.5. The Hall–Kier alpha value is -2.10. The van der Waals surface area contributed by atoms with Crippen molar-refractivity contribution in [2.75, 3.05) is 13.1 Å². The molecule has 0 unspecified atom stereocenters. The summed E-state index contributed by atoms with van der Waals surface area (Å²) in [5.41, 5.74) is 1.91. The molecule has 0 aliphatic carbocycles. The molecule has 0 bridgehead atoms. The molecule has 4 heteroatoms. The van der Waals surface area contributed by atoms with Gasteiger partial charge in [0.25, 0.3) is 0 Å². The Balaban J connectivity index is 1.60. The monoisotopic (exact) mass is 328 g/mol. The van der Waals surface area contributed by atoms with Crippen molar-refractivity contribution in [3.05, 3.63) is 53.5 Å². The maximum Gasteiger partial charge on any atom is 0.165 e. The van der Waals surface area contributed by atoms with Gasteiger partial charge in [-0.15, -0.1) is 0 Å². The van der Waals surface area contributed by atoms with Crippen molar-refractivity contribution in [1.82, 2.24) is 4.90 Å². The summed E-state index contributed by atoms with van der Waals surface area (Å²) in [7, 11) is 0. The first kappa shape index (κ1) is 16.7. The lowest BCUT2D eigenvalue weighted by atomic mass is 9.83. The fourth-order valence-electron chi connectivity index (χ4n) is 3.44. The van der Waals surface area contributed by atoms with Crippen LogP contribution >= 0.6 is 0 Å². The number of ether oxygens (including phenoxy) is 1. The minimum Gasteiger partial charge on any atom is -0.484 e. The molecule has 3 nitrogen and oxygen atoms in total. The summed E-state index contributed by atoms with van der Waals surface area (Å²) < 4.78 is 20.2. The van der Waals surface area contributed by atoms with Crippen molar-refractivity contribution in [3.63, 3.8) is 0 Å². The molecule has 1 aromatic rings. The smallest absolute Gasteiger partial charge is 0.165 e. The van der Waals surface area contributed by atoms with Crippen molar-refractivity contribution in [1.29, 1.82) is 0 Å². The van der Waals surface area contributed by atoms with Crippen LogP contribution in [0.3, 0.4) is 0 Å². The highest BCUT2D eigenvalue weighted by atomic mass is 19.1. The minimum absolute atomic E-state index is 0.212. The molecule has 1 spiro atoms. The summed E-state index contributed by atoms with van der Waals surface area (Å²) in [5.74, 6) is 0.232. The van der Waals surface area contributed by atoms with Crippen molar-refractivity contribution in [2.45, 2.75) is 45.1 Å². The number of halogens is 1. The van der Waals surface area contributed by atoms with Gasteiger partial charge < -0.3 is 9.64 Å². The minimum atomic E-state index is -0.236. The van der Waals surface area contributed by atoms with Crippen LogP contribution in [-0.4, -0.2) is 29.9 Å². The summed E-state index contributed by atoms with van der Waals surface area (Å²) in [4.78, 5) is 6.60. The van der Waals surface area contributed by atoms with Gasteiger partial charge in [-0.3, -0.25) is 0 Å². The lowest BCUT2D eigenvalue weighted by Gasteiger charge is -2.44. The lowest BCUT2D eigenvalue weighted by Crippen LogP contribution is -2.49. The molecule has 0 amide bonds. The fraction of sp³-hybridized carbons (Fsp3) is 0.450. The first-order valence-corrected chi connectivity index (χ1v) is 8.65. The second-order valence-corrected chi connectivity index (χ2v) is 6.69. The maximum atomic E-state index is 14.0. The number of likely N-dealkylation sites (tertiary alicyclic amines) is 1. The van der Waals surface area contributed by atoms with Crippen LogP contribution < -0.4 is 4.74 Å². The van der Waals surface area contributed by atoms with E-state index in [1.165, 1.54) is 6.07 Å². The number of para-hydroxylation sites is 1. The van der Waals surface area contributed by atoms with Crippen LogP contribution in [0, 0.1) is 5.82 Å². The van der Waals surface area contributed by atoms with Crippen molar-refractivity contribution < 1.29 is 9.13 Å². The zero-order valence-corrected chi connectivity index (χ0v) is 14.5. The molecule has 3 rings (SSSR count). The van der Waals surface area contributed by atoms with Gasteiger partial charge >= 0.3 is 0 Å². The molecule has 2 aliphatic rings. The van der Waals surface area contributed by atoms with Gasteiger partial charge in [-0.2, -0.15) is 0 Å². The highest BCUT2D eigenvalue weighted by molar-refractivity contribution is 5.56. The molecule has 0 atom stereocenters. The number of rotatable bonds is 3. The molecule has 0 N–H and O–H groups in total. The fourth-order valence-corrected chi connectivity index (χ4v) is 3.44. The average Bonchev–Trinajstić information content (AvgIpc) is 2.58. The topological polar surface area (TPSA) is 24.8 Å². The molecule has 1 fully saturated rings. The Labute approximate surface area is 143 Å². The number of benzene rings is 1. The van der Waals surface area contributed by atoms with E-state index in [0.29, 0.717) is 5.75 Å². The number of hydrogen-bond acceptors (Lipinski definition) is 2. The Morgan fingerprint density at radius 3 is 2.83 bits per heavy atom. The van der Waals surface area contributed by atoms with E-state index in [2.05, 4.69) is 9.89 Å². The normalized spacial score (nSPS) is 20.6. The zero-order chi connectivity index (χ0) is 17.0. The van der Waals surface area contributed by atoms with Gasteiger partial charge in [0.1, 0.15) is 5.60 Å². The second-order valence-electron chi connectivity index (χ2n) is 6.69. The van der Waals surface area contributed by atoms with Gasteiger partial charge in [0, 0.05) is 32.1 Å². The van der Waals surface area contributed by atoms with E-state index in [4.69, 9.17) is 4.74 Å². The summed E-state index contributed by atoms with van der Waals surface area (Å²) in [6.07, 6.45) is 11.5. The predicted molar refractivity (Wildman–Crippen MR) is 96.0 cm³/mol. The van der Waals surface area contributed by atoms with E-state index in [9.17, 15) is 4.39 Å². The molecule has 1 aromatic carbocycles. The number of fused-ring (bicyclic) bond motifs is 1. The number of nitrogens with zero attached hydrogens (tertiary/aromatic N) is 2. The van der Waals surface area contributed by atoms with Crippen LogP contribution in [0.5, 0.6) is 5.75 Å². The Morgan fingerprint density at radius 2 is 2.08 bits per heavy atom. The highest BCUT2D eigenvalue weighted by Gasteiger charge is 2.39. The first-order chi connectivity index (χ1) is 11.6. The Morgan fingerprint density at radius 1 is 1.29 bits per heavy atom. The van der Waals surface area contributed by atoms with Crippen LogP contribution in [0.1, 0.15) is 38.7 Å². The van der Waals surface area contributed by atoms with E-state index < -0.39 is 0 Å². The van der Waals surface area contributed by atoms with Crippen molar-refractivity contribution in [3.8, 4) is 5.75 Å². The second kappa shape index (κ2) is 7.20. The molecule has 24 heavy (non-hydrogen) atoms. The summed E-state index contributed by atoms with van der Waals surface area (Å²) in [6, 6.07) is 5.21. The molecule has 2 heterocycles. The van der Waals surface area contributed by atoms with Crippen LogP contribution in [-0.2, 0) is 6.42 Å². The third-order valence-electron chi connectivity index (χ3n) is 4.86. The largest absolute Gasteiger partial charge is 0.484 e. The molecular formula is C20H25FN2O. The van der Waals surface area contributed by atoms with Crippen molar-refractivity contribution >= 4 is 6.34 Å². The van der Waals surface area contributed by atoms with Gasteiger partial charge in [0.2, 0.25) is 0 Å². The van der Waals surface area contributed by atoms with Gasteiger partial charge in [-0.1, -0.05) is 24.3 Å². The molecule has 0 aromatic heterocycles. The number of aryl methyl sites for hydroxylation is 1. The Kier molecular flexibility index (Phi) is 5.03. The quantitative estimate of drug-likeness (QED) is 0.464. The summed E-state index contributed by atoms with van der Waals surface area (Å²) in [5, 5.41) is 0. The van der Waals surface area contributed by atoms with Gasteiger partial charge in [-0.25, -0.2) is 9.38 Å². The van der Waals surface area contributed by atoms with Crippen LogP contribution in [0.2, 0.25) is 0 Å². The van der Waals surface area contributed by atoms with E-state index in [0.717, 1.165) is 49.9 Å². The number of hydrogen-bond donors (Lipinski definition) is 0. The molecular weight excluding hydrogens is 303 g/mol. The third kappa shape index (κ3) is 3.69. The molecule has 0 saturated carbocycles. The predicted octanol–water partition coefficient (Wildman–Crippen LogP) is 4.49. The van der Waals surface area contributed by atoms with E-state index >= 15 is 0 Å². The lowest BCUT2D eigenvalue weighted by molar-refractivity contribution is -0.00315. The van der Waals surface area contributed by atoms with Crippen molar-refractivity contribution in [2.24, 2.45) is 4.99 Å².